The lowest BCUT2D eigenvalue weighted by atomic mass is 9.99. The van der Waals surface area contributed by atoms with Crippen molar-refractivity contribution in [2.45, 2.75) is 0 Å². The van der Waals surface area contributed by atoms with Gasteiger partial charge in [-0.05, 0) is 66.3 Å². The molecule has 0 atom stereocenters. The number of aliphatic imine (C=N–C) groups is 4. The average Bonchev–Trinajstić information content (AvgIpc) is 3.55. The van der Waals surface area contributed by atoms with Crippen LogP contribution in [0.4, 0.5) is 0 Å². The second-order valence-electron chi connectivity index (χ2n) is 7.50. The average molecular weight is 399 g/mol. The fraction of sp³-hybridized carbons (Fsp3) is 0. The van der Waals surface area contributed by atoms with Crippen molar-refractivity contribution in [2.75, 3.05) is 0 Å². The van der Waals surface area contributed by atoms with Crippen LogP contribution in [0.3, 0.4) is 0 Å². The van der Waals surface area contributed by atoms with Gasteiger partial charge in [0.05, 0.1) is 51.3 Å². The molecule has 0 aromatic heterocycles. The Balaban J connectivity index is 1.55. The van der Waals surface area contributed by atoms with Crippen LogP contribution in [0.15, 0.2) is 140 Å². The van der Waals surface area contributed by atoms with Crippen molar-refractivity contribution in [2.24, 2.45) is 25.7 Å². The number of fused-ring (bicyclic) bond motifs is 4. The summed E-state index contributed by atoms with van der Waals surface area (Å²) in [5.74, 6) is 0. The van der Waals surface area contributed by atoms with Crippen molar-refractivity contribution >= 4 is 28.4 Å². The molecule has 0 radical (unpaired) electrons. The number of hydrogen-bond donors (Lipinski definition) is 1. The van der Waals surface area contributed by atoms with Crippen LogP contribution in [0, 0.1) is 0 Å². The van der Waals surface area contributed by atoms with E-state index in [1.165, 1.54) is 0 Å². The van der Waals surface area contributed by atoms with Gasteiger partial charge in [0.25, 0.3) is 0 Å². The van der Waals surface area contributed by atoms with Crippen molar-refractivity contribution in [1.82, 2.24) is 0 Å². The van der Waals surface area contributed by atoms with Crippen LogP contribution in [-0.4, -0.2) is 22.8 Å². The first kappa shape index (κ1) is 17.5. The lowest BCUT2D eigenvalue weighted by Crippen LogP contribution is -2.04. The van der Waals surface area contributed by atoms with Crippen LogP contribution in [0.1, 0.15) is 5.56 Å². The van der Waals surface area contributed by atoms with Crippen LogP contribution in [0.2, 0.25) is 0 Å². The Morgan fingerprint density at radius 1 is 0.548 bits per heavy atom. The van der Waals surface area contributed by atoms with Crippen LogP contribution in [-0.2, 0) is 0 Å². The molecule has 1 aromatic carbocycles. The minimum absolute atomic E-state index is 0.635. The summed E-state index contributed by atoms with van der Waals surface area (Å²) in [6, 6.07) is 10.1. The number of allylic oxidation sites excluding steroid dienone is 11. The molecule has 5 nitrogen and oxygen atoms in total. The molecule has 31 heavy (non-hydrogen) atoms. The Morgan fingerprint density at radius 2 is 1.10 bits per heavy atom. The maximum atomic E-state index is 6.59. The maximum absolute atomic E-state index is 6.59. The summed E-state index contributed by atoms with van der Waals surface area (Å²) < 4.78 is 0. The predicted octanol–water partition coefficient (Wildman–Crippen LogP) is 4.39. The third-order valence-electron chi connectivity index (χ3n) is 5.31. The van der Waals surface area contributed by atoms with E-state index in [9.17, 15) is 0 Å². The third kappa shape index (κ3) is 3.22. The van der Waals surface area contributed by atoms with E-state index in [1.54, 1.807) is 0 Å². The molecule has 0 spiro atoms. The summed E-state index contributed by atoms with van der Waals surface area (Å²) >= 11 is 0. The first-order valence-corrected chi connectivity index (χ1v) is 10.0. The fourth-order valence-electron chi connectivity index (χ4n) is 3.88. The third-order valence-corrected chi connectivity index (χ3v) is 5.31. The number of benzene rings is 1. The van der Waals surface area contributed by atoms with Gasteiger partial charge in [-0.15, -0.1) is 0 Å². The maximum Gasteiger partial charge on any atom is 0.0895 e. The summed E-state index contributed by atoms with van der Waals surface area (Å²) in [6.07, 6.45) is 19.7. The van der Waals surface area contributed by atoms with Gasteiger partial charge in [0.15, 0.2) is 0 Å². The molecule has 5 heteroatoms. The van der Waals surface area contributed by atoms with Gasteiger partial charge in [-0.1, -0.05) is 30.3 Å². The van der Waals surface area contributed by atoms with Crippen molar-refractivity contribution in [3.63, 3.8) is 0 Å². The van der Waals surface area contributed by atoms with E-state index in [0.717, 1.165) is 51.1 Å². The largest absolute Gasteiger partial charge is 0.396 e. The predicted molar refractivity (Wildman–Crippen MR) is 127 cm³/mol. The molecule has 1 aromatic rings. The second-order valence-corrected chi connectivity index (χ2v) is 7.50. The molecule has 5 aliphatic heterocycles. The zero-order chi connectivity index (χ0) is 20.8. The van der Waals surface area contributed by atoms with E-state index in [4.69, 9.17) is 15.7 Å². The highest BCUT2D eigenvalue weighted by molar-refractivity contribution is 6.33. The minimum atomic E-state index is 0.635. The van der Waals surface area contributed by atoms with Gasteiger partial charge in [0.1, 0.15) is 0 Å². The summed E-state index contributed by atoms with van der Waals surface area (Å²) in [4.78, 5) is 18.9. The summed E-state index contributed by atoms with van der Waals surface area (Å²) in [5, 5.41) is 0. The topological polar surface area (TPSA) is 75.5 Å². The van der Waals surface area contributed by atoms with Crippen LogP contribution < -0.4 is 5.73 Å². The molecular weight excluding hydrogens is 382 g/mol. The molecule has 0 saturated heterocycles. The molecule has 6 rings (SSSR count). The van der Waals surface area contributed by atoms with E-state index in [1.807, 2.05) is 91.1 Å². The number of nitrogens with two attached hydrogens (primary N) is 1. The molecule has 146 valence electrons. The van der Waals surface area contributed by atoms with Crippen LogP contribution in [0.5, 0.6) is 0 Å². The van der Waals surface area contributed by atoms with Crippen molar-refractivity contribution < 1.29 is 0 Å². The first-order valence-electron chi connectivity index (χ1n) is 10.0. The highest BCUT2D eigenvalue weighted by Gasteiger charge is 2.23. The monoisotopic (exact) mass is 399 g/mol. The fourth-order valence-corrected chi connectivity index (χ4v) is 3.88. The molecule has 0 unspecified atom stereocenters. The lowest BCUT2D eigenvalue weighted by Gasteiger charge is -2.05. The van der Waals surface area contributed by atoms with Gasteiger partial charge in [0, 0.05) is 5.57 Å². The van der Waals surface area contributed by atoms with Crippen molar-refractivity contribution in [3.05, 3.63) is 125 Å². The van der Waals surface area contributed by atoms with E-state index in [0.29, 0.717) is 11.4 Å². The molecule has 5 aliphatic rings. The van der Waals surface area contributed by atoms with Gasteiger partial charge in [0.2, 0.25) is 0 Å². The van der Waals surface area contributed by atoms with Gasteiger partial charge in [-0.25, -0.2) is 20.0 Å². The van der Waals surface area contributed by atoms with Crippen molar-refractivity contribution in [1.29, 1.82) is 0 Å². The summed E-state index contributed by atoms with van der Waals surface area (Å²) in [7, 11) is 0. The molecule has 0 amide bonds. The highest BCUT2D eigenvalue weighted by atomic mass is 14.9. The zero-order valence-electron chi connectivity index (χ0n) is 16.5. The SMILES string of the molecule is NC1=C(c2ccccc2)C2=NC1=CC1=NC(=CC3=NC(=CC4=NC(=C2)C=C4)C=C3)C=C1. The molecule has 8 bridgehead atoms. The van der Waals surface area contributed by atoms with Gasteiger partial charge in [-0.3, -0.25) is 0 Å². The zero-order valence-corrected chi connectivity index (χ0v) is 16.5. The van der Waals surface area contributed by atoms with Crippen molar-refractivity contribution in [3.8, 4) is 0 Å². The van der Waals surface area contributed by atoms with Gasteiger partial charge in [-0.2, -0.15) is 0 Å². The molecule has 0 aliphatic carbocycles. The molecule has 0 saturated carbocycles. The summed E-state index contributed by atoms with van der Waals surface area (Å²) in [5.41, 5.74) is 15.7. The van der Waals surface area contributed by atoms with E-state index < -0.39 is 0 Å². The quantitative estimate of drug-likeness (QED) is 0.747. The standard InChI is InChI=1S/C26H17N5/c27-26-24-15-22-11-9-20(30-22)13-18-7-6-17(28-18)12-19-8-10-21(29-19)14-23(31-24)25(26)16-4-2-1-3-5-16/h1-15H,27H2. The molecule has 5 heterocycles. The molecule has 0 fully saturated rings. The second kappa shape index (κ2) is 6.85. The van der Waals surface area contributed by atoms with Gasteiger partial charge < -0.3 is 5.73 Å². The van der Waals surface area contributed by atoms with Crippen LogP contribution in [0.25, 0.3) is 5.57 Å². The van der Waals surface area contributed by atoms with E-state index >= 15 is 0 Å². The number of nitrogens with zero attached hydrogens (tertiary/aromatic N) is 4. The Labute approximate surface area is 179 Å². The Kier molecular flexibility index (Phi) is 3.86. The van der Waals surface area contributed by atoms with Crippen LogP contribution >= 0.6 is 0 Å². The lowest BCUT2D eigenvalue weighted by molar-refractivity contribution is 1.29. The number of hydrogen-bond acceptors (Lipinski definition) is 5. The molecular formula is C26H17N5. The highest BCUT2D eigenvalue weighted by Crippen LogP contribution is 2.32. The minimum Gasteiger partial charge on any atom is -0.396 e. The first-order chi connectivity index (χ1) is 15.2. The van der Waals surface area contributed by atoms with E-state index in [2.05, 4.69) is 9.98 Å². The Morgan fingerprint density at radius 3 is 1.71 bits per heavy atom. The number of rotatable bonds is 1. The smallest absolute Gasteiger partial charge is 0.0895 e. The molecule has 2 N–H and O–H groups in total. The normalized spacial score (nSPS) is 20.8. The summed E-state index contributed by atoms with van der Waals surface area (Å²) in [6.45, 7) is 0. The Hall–Kier alpha value is -4.38. The van der Waals surface area contributed by atoms with Gasteiger partial charge >= 0.3 is 0 Å². The Bertz CT molecular complexity index is 1390. The van der Waals surface area contributed by atoms with E-state index in [-0.39, 0.29) is 0 Å².